The molecule has 19 heteroatoms. The molecule has 18 atom stereocenters. The quantitative estimate of drug-likeness (QED) is 0.104. The minimum absolute atomic E-state index is 0.168. The van der Waals surface area contributed by atoms with E-state index in [2.05, 4.69) is 20.4 Å². The summed E-state index contributed by atoms with van der Waals surface area (Å²) < 4.78 is 44.9. The molecule has 0 aliphatic carbocycles. The summed E-state index contributed by atoms with van der Waals surface area (Å²) in [4.78, 5) is 18.6. The Kier molecular flexibility index (Phi) is 19.5. The number of esters is 1. The lowest BCUT2D eigenvalue weighted by molar-refractivity contribution is -0.302. The van der Waals surface area contributed by atoms with Gasteiger partial charge in [-0.2, -0.15) is 0 Å². The number of rotatable bonds is 15. The van der Waals surface area contributed by atoms with E-state index in [1.54, 1.807) is 40.2 Å². The number of carbonyl (C=O) groups excluding carboxylic acids is 1. The third-order valence-electron chi connectivity index (χ3n) is 16.2. The number of nitrogens with zero attached hydrogens (tertiary/aromatic N) is 6. The summed E-state index contributed by atoms with van der Waals surface area (Å²) in [5, 5.41) is 72.6. The minimum Gasteiger partial charge on any atom is -0.494 e. The maximum atomic E-state index is 14.6. The number of likely N-dealkylation sites (N-methyl/N-ethyl adjacent to an activating group) is 2. The molecule has 0 radical (unpaired) electrons. The second-order valence-electron chi connectivity index (χ2n) is 22.1. The molecule has 0 saturated carbocycles. The van der Waals surface area contributed by atoms with E-state index < -0.39 is 102 Å². The predicted molar refractivity (Wildman–Crippen MR) is 268 cm³/mol. The molecule has 1 aromatic carbocycles. The largest absolute Gasteiger partial charge is 0.494 e. The van der Waals surface area contributed by atoms with Gasteiger partial charge in [0.2, 0.25) is 0 Å². The number of ether oxygens (including phenoxy) is 6. The van der Waals surface area contributed by atoms with Gasteiger partial charge in [0.05, 0.1) is 60.0 Å². The van der Waals surface area contributed by atoms with E-state index >= 15 is 0 Å². The zero-order valence-corrected chi connectivity index (χ0v) is 45.0. The number of hydrogen-bond donors (Lipinski definition) is 5. The fraction of sp³-hybridized carbons (Fsp3) is 0.774. The van der Waals surface area contributed by atoms with E-state index in [1.165, 1.54) is 14.0 Å². The lowest BCUT2D eigenvalue weighted by Gasteiger charge is -2.51. The highest BCUT2D eigenvalue weighted by Crippen LogP contribution is 2.45. The van der Waals surface area contributed by atoms with Crippen molar-refractivity contribution in [2.24, 2.45) is 23.7 Å². The molecule has 5 heterocycles. The second-order valence-corrected chi connectivity index (χ2v) is 22.1. The summed E-state index contributed by atoms with van der Waals surface area (Å²) in [5.41, 5.74) is -1.74. The maximum Gasteiger partial charge on any atom is 0.309 e. The number of benzene rings is 1. The molecule has 2 aromatic heterocycles. The van der Waals surface area contributed by atoms with Crippen LogP contribution in [-0.4, -0.2) is 186 Å². The highest BCUT2D eigenvalue weighted by atomic mass is 16.7. The monoisotopic (exact) mass is 1010 g/mol. The standard InChI is InChI=1S/C53H86N6O13/c1-14-43-53(10,65)46(61)35(6)58(12)28-31(2)25-51(8,64)48(33(4)44(34(5)49(63)71-43)42-26-52(9,66-13)47(62)36(7)70-42)72-50-45(60)41(24-32(3)69-50)57(11)22-20-39-29-59(56-55-39)21-15-23-67-40-18-16-37(17-19-40)38-27-54-68-30-38/h16-19,27,29-36,41-48,50,60-62,64-65H,14-15,20-26,28H2,1-13H3/t31-,32-,33+,34-,35-,36+,41+,42-,43-,44?,45-,46-,47+,48-,50+,51-,52-,53-/m1/s1. The molecule has 6 rings (SSSR count). The molecule has 3 fully saturated rings. The summed E-state index contributed by atoms with van der Waals surface area (Å²) in [7, 11) is 5.34. The van der Waals surface area contributed by atoms with Crippen LogP contribution >= 0.6 is 0 Å². The Morgan fingerprint density at radius 2 is 1.67 bits per heavy atom. The smallest absolute Gasteiger partial charge is 0.309 e. The number of carbonyl (C=O) groups is 1. The van der Waals surface area contributed by atoms with E-state index in [-0.39, 0.29) is 31.3 Å². The Morgan fingerprint density at radius 1 is 0.958 bits per heavy atom. The number of methoxy groups -OCH3 is 1. The average Bonchev–Trinajstić information content (AvgIpc) is 4.05. The first-order valence-corrected chi connectivity index (χ1v) is 26.0. The molecule has 1 unspecified atom stereocenters. The van der Waals surface area contributed by atoms with Crippen LogP contribution in [0, 0.1) is 23.7 Å². The van der Waals surface area contributed by atoms with Crippen LogP contribution in [0.4, 0.5) is 0 Å². The van der Waals surface area contributed by atoms with Gasteiger partial charge in [-0.15, -0.1) is 5.10 Å². The number of hydrogen-bond acceptors (Lipinski definition) is 18. The van der Waals surface area contributed by atoms with E-state index in [0.717, 1.165) is 29.0 Å². The Balaban J connectivity index is 1.20. The van der Waals surface area contributed by atoms with E-state index in [4.69, 9.17) is 32.9 Å². The number of cyclic esters (lactones) is 1. The zero-order chi connectivity index (χ0) is 52.9. The topological polar surface area (TPSA) is 237 Å². The van der Waals surface area contributed by atoms with E-state index in [1.807, 2.05) is 88.8 Å². The van der Waals surface area contributed by atoms with Crippen molar-refractivity contribution >= 4 is 5.97 Å². The van der Waals surface area contributed by atoms with Crippen LogP contribution < -0.4 is 4.74 Å². The van der Waals surface area contributed by atoms with Crippen molar-refractivity contribution in [1.82, 2.24) is 30.0 Å². The van der Waals surface area contributed by atoms with Gasteiger partial charge in [0.1, 0.15) is 42.0 Å². The Labute approximate surface area is 426 Å². The van der Waals surface area contributed by atoms with Crippen molar-refractivity contribution in [2.75, 3.05) is 40.9 Å². The molecule has 3 aromatic rings. The second kappa shape index (κ2) is 24.4. The van der Waals surface area contributed by atoms with Crippen LogP contribution in [0.5, 0.6) is 5.75 Å². The highest BCUT2D eigenvalue weighted by Gasteiger charge is 2.55. The molecule has 0 amide bonds. The third-order valence-corrected chi connectivity index (χ3v) is 16.2. The van der Waals surface area contributed by atoms with Gasteiger partial charge in [0.25, 0.3) is 0 Å². The third kappa shape index (κ3) is 13.4. The molecule has 3 aliphatic heterocycles. The van der Waals surface area contributed by atoms with Gasteiger partial charge < -0.3 is 68.3 Å². The minimum atomic E-state index is -1.81. The molecule has 5 N–H and O–H groups in total. The van der Waals surface area contributed by atoms with E-state index in [0.29, 0.717) is 39.1 Å². The van der Waals surface area contributed by atoms with Gasteiger partial charge in [-0.05, 0) is 104 Å². The van der Waals surface area contributed by atoms with Gasteiger partial charge in [0.15, 0.2) is 6.29 Å². The SMILES string of the molecule is CC[C@H]1OC(=O)[C@H](C)C([C@H]2C[C@@](C)(OC)[C@@H](O)[C@H](C)O2)[C@H](C)[C@@H](O[C@@H]2O[C@H](C)C[C@H](N(C)CCc3cn(CCCOc4ccc(-c5cnoc5)cc4)nn3)[C@H]2O)[C@](C)(O)C[C@@H](C)CN(C)[C@H](C)[C@@H](O)[C@]1(C)O. The summed E-state index contributed by atoms with van der Waals surface area (Å²) in [6.07, 6.45) is -0.784. The number of aromatic nitrogens is 4. The number of aliphatic hydroxyl groups is 5. The normalized spacial score (nSPS) is 39.0. The van der Waals surface area contributed by atoms with Gasteiger partial charge in [-0.1, -0.05) is 50.2 Å². The van der Waals surface area contributed by atoms with Gasteiger partial charge >= 0.3 is 5.97 Å². The van der Waals surface area contributed by atoms with Crippen LogP contribution in [0.1, 0.15) is 107 Å². The number of aliphatic hydroxyl groups excluding tert-OH is 3. The van der Waals surface area contributed by atoms with Gasteiger partial charge in [-0.3, -0.25) is 9.48 Å². The highest BCUT2D eigenvalue weighted by molar-refractivity contribution is 5.73. The molecular formula is C53H86N6O13. The Bertz CT molecular complexity index is 2130. The van der Waals surface area contributed by atoms with Crippen LogP contribution in [-0.2, 0) is 41.4 Å². The predicted octanol–water partition coefficient (Wildman–Crippen LogP) is 4.50. The first kappa shape index (κ1) is 57.7. The van der Waals surface area contributed by atoms with Gasteiger partial charge in [-0.25, -0.2) is 0 Å². The van der Waals surface area contributed by atoms with Crippen molar-refractivity contribution in [1.29, 1.82) is 0 Å². The molecule has 3 saturated heterocycles. The van der Waals surface area contributed by atoms with E-state index in [9.17, 15) is 30.3 Å². The molecule has 19 nitrogen and oxygen atoms in total. The fourth-order valence-corrected chi connectivity index (χ4v) is 11.7. The number of aryl methyl sites for hydroxylation is 1. The van der Waals surface area contributed by atoms with Crippen LogP contribution in [0.2, 0.25) is 0 Å². The maximum absolute atomic E-state index is 14.6. The molecule has 0 bridgehead atoms. The zero-order valence-electron chi connectivity index (χ0n) is 45.0. The summed E-state index contributed by atoms with van der Waals surface area (Å²) in [6.45, 7) is 20.1. The summed E-state index contributed by atoms with van der Waals surface area (Å²) >= 11 is 0. The van der Waals surface area contributed by atoms with Crippen molar-refractivity contribution in [3.8, 4) is 16.9 Å². The van der Waals surface area contributed by atoms with Crippen LogP contribution in [0.3, 0.4) is 0 Å². The molecule has 406 valence electrons. The van der Waals surface area contributed by atoms with Crippen LogP contribution in [0.15, 0.2) is 47.4 Å². The van der Waals surface area contributed by atoms with Crippen molar-refractivity contribution in [3.05, 3.63) is 48.6 Å². The lowest BCUT2D eigenvalue weighted by atomic mass is 9.68. The average molecular weight is 1020 g/mol. The van der Waals surface area contributed by atoms with Crippen molar-refractivity contribution in [2.45, 2.75) is 198 Å². The first-order valence-electron chi connectivity index (χ1n) is 26.0. The molecule has 3 aliphatic rings. The molecule has 0 spiro atoms. The van der Waals surface area contributed by atoms with Crippen LogP contribution in [0.25, 0.3) is 11.1 Å². The summed E-state index contributed by atoms with van der Waals surface area (Å²) in [5.74, 6) is -2.35. The first-order chi connectivity index (χ1) is 33.9. The van der Waals surface area contributed by atoms with Crippen molar-refractivity contribution in [3.63, 3.8) is 0 Å². The van der Waals surface area contributed by atoms with Crippen molar-refractivity contribution < 1.29 is 63.3 Å². The summed E-state index contributed by atoms with van der Waals surface area (Å²) in [6, 6.07) is 6.81. The fourth-order valence-electron chi connectivity index (χ4n) is 11.7. The lowest BCUT2D eigenvalue weighted by Crippen LogP contribution is -2.62. The molecule has 72 heavy (non-hydrogen) atoms. The molecular weight excluding hydrogens is 929 g/mol. The van der Waals surface area contributed by atoms with Gasteiger partial charge in [0, 0.05) is 75.8 Å². The Hall–Kier alpha value is -3.60. The Morgan fingerprint density at radius 3 is 2.32 bits per heavy atom.